The molecule has 6 nitrogen and oxygen atoms in total. The molecule has 0 aliphatic carbocycles. The summed E-state index contributed by atoms with van der Waals surface area (Å²) in [5, 5.41) is 0. The third-order valence-electron chi connectivity index (χ3n) is 5.43. The third kappa shape index (κ3) is 4.77. The van der Waals surface area contributed by atoms with Crippen molar-refractivity contribution >= 4 is 17.4 Å². The molecule has 8 heteroatoms. The van der Waals surface area contributed by atoms with E-state index in [2.05, 4.69) is 9.47 Å². The molecular weight excluding hydrogens is 454 g/mol. The van der Waals surface area contributed by atoms with Gasteiger partial charge in [-0.15, -0.1) is 8.78 Å². The van der Waals surface area contributed by atoms with Crippen molar-refractivity contribution in [3.05, 3.63) is 96.6 Å². The second-order valence-electron chi connectivity index (χ2n) is 7.80. The van der Waals surface area contributed by atoms with E-state index in [0.717, 1.165) is 5.56 Å². The smallest absolute Gasteiger partial charge is 0.497 e. The number of alkyl halides is 2. The highest BCUT2D eigenvalue weighted by molar-refractivity contribution is 6.01. The Bertz CT molecular complexity index is 1360. The fourth-order valence-electron chi connectivity index (χ4n) is 3.81. The Labute approximate surface area is 200 Å². The molecule has 0 unspecified atom stereocenters. The number of pyridine rings is 1. The minimum atomic E-state index is -3.72. The Morgan fingerprint density at radius 1 is 0.914 bits per heavy atom. The van der Waals surface area contributed by atoms with Crippen LogP contribution >= 0.6 is 0 Å². The molecule has 0 fully saturated rings. The van der Waals surface area contributed by atoms with Crippen LogP contribution in [0.5, 0.6) is 17.2 Å². The highest BCUT2D eigenvalue weighted by Crippen LogP contribution is 2.41. The van der Waals surface area contributed by atoms with E-state index in [0.29, 0.717) is 28.5 Å². The van der Waals surface area contributed by atoms with Gasteiger partial charge in [-0.05, 0) is 54.1 Å². The zero-order valence-electron chi connectivity index (χ0n) is 18.7. The molecule has 5 rings (SSSR count). The lowest BCUT2D eigenvalue weighted by Gasteiger charge is -2.23. The van der Waals surface area contributed by atoms with Crippen molar-refractivity contribution in [1.29, 1.82) is 0 Å². The van der Waals surface area contributed by atoms with E-state index < -0.39 is 6.29 Å². The highest BCUT2D eigenvalue weighted by Gasteiger charge is 2.43. The number of hydrogen-bond acceptors (Lipinski definition) is 5. The van der Waals surface area contributed by atoms with Crippen LogP contribution in [-0.2, 0) is 11.2 Å². The van der Waals surface area contributed by atoms with Gasteiger partial charge in [0, 0.05) is 5.56 Å². The number of carbonyl (C=O) groups excluding carboxylic acids is 1. The Kier molecular flexibility index (Phi) is 5.78. The molecule has 176 valence electrons. The van der Waals surface area contributed by atoms with Gasteiger partial charge in [-0.2, -0.15) is 0 Å². The van der Waals surface area contributed by atoms with Gasteiger partial charge in [-0.25, -0.2) is 4.98 Å². The van der Waals surface area contributed by atoms with E-state index in [1.54, 1.807) is 43.5 Å². The summed E-state index contributed by atoms with van der Waals surface area (Å²) in [6.07, 6.45) is -3.80. The maximum absolute atomic E-state index is 13.6. The monoisotopic (exact) mass is 474 g/mol. The van der Waals surface area contributed by atoms with Gasteiger partial charge in [-0.3, -0.25) is 9.69 Å². The summed E-state index contributed by atoms with van der Waals surface area (Å²) in [6.45, 7) is 0. The number of fused-ring (bicyclic) bond motifs is 1. The van der Waals surface area contributed by atoms with Crippen LogP contribution in [0, 0.1) is 0 Å². The molecule has 35 heavy (non-hydrogen) atoms. The van der Waals surface area contributed by atoms with Crippen LogP contribution in [0.25, 0.3) is 11.3 Å². The Balaban J connectivity index is 1.49. The van der Waals surface area contributed by atoms with E-state index >= 15 is 0 Å². The number of benzene rings is 3. The molecule has 0 saturated heterocycles. The number of aromatic nitrogens is 1. The number of rotatable bonds is 6. The second-order valence-corrected chi connectivity index (χ2v) is 7.80. The molecule has 0 N–H and O–H groups in total. The quantitative estimate of drug-likeness (QED) is 0.344. The van der Waals surface area contributed by atoms with Gasteiger partial charge in [0.25, 0.3) is 0 Å². The zero-order chi connectivity index (χ0) is 24.4. The highest BCUT2D eigenvalue weighted by atomic mass is 19.3. The fraction of sp³-hybridized carbons (Fsp3) is 0.111. The minimum absolute atomic E-state index is 0.0737. The summed E-state index contributed by atoms with van der Waals surface area (Å²) >= 11 is 0. The molecular formula is C27H20F2N2O4. The van der Waals surface area contributed by atoms with Crippen molar-refractivity contribution in [2.45, 2.75) is 12.7 Å². The van der Waals surface area contributed by atoms with Crippen molar-refractivity contribution in [3.8, 4) is 28.5 Å². The number of nitrogens with zero attached hydrogens (tertiary/aromatic N) is 2. The van der Waals surface area contributed by atoms with Gasteiger partial charge >= 0.3 is 6.29 Å². The largest absolute Gasteiger partial charge is 0.586 e. The van der Waals surface area contributed by atoms with Gasteiger partial charge in [0.1, 0.15) is 11.6 Å². The predicted octanol–water partition coefficient (Wildman–Crippen LogP) is 5.99. The van der Waals surface area contributed by atoms with Gasteiger partial charge in [0.2, 0.25) is 5.91 Å². The summed E-state index contributed by atoms with van der Waals surface area (Å²) < 4.78 is 41.0. The Morgan fingerprint density at radius 3 is 2.40 bits per heavy atom. The first-order valence-electron chi connectivity index (χ1n) is 10.8. The van der Waals surface area contributed by atoms with Crippen LogP contribution in [0.15, 0.2) is 91.0 Å². The van der Waals surface area contributed by atoms with Crippen LogP contribution in [0.1, 0.15) is 5.56 Å². The van der Waals surface area contributed by atoms with Crippen molar-refractivity contribution in [1.82, 2.24) is 4.98 Å². The summed E-state index contributed by atoms with van der Waals surface area (Å²) in [5.74, 6) is 0.576. The Hall–Kier alpha value is -4.46. The summed E-state index contributed by atoms with van der Waals surface area (Å²) in [5.41, 5.74) is 2.70. The van der Waals surface area contributed by atoms with Crippen molar-refractivity contribution in [2.75, 3.05) is 12.0 Å². The van der Waals surface area contributed by atoms with Crippen LogP contribution in [0.4, 0.5) is 20.3 Å². The maximum atomic E-state index is 13.6. The normalized spacial score (nSPS) is 13.3. The average Bonchev–Trinajstić information content (AvgIpc) is 3.18. The number of halogens is 2. The van der Waals surface area contributed by atoms with Crippen molar-refractivity contribution in [3.63, 3.8) is 0 Å². The van der Waals surface area contributed by atoms with Crippen LogP contribution in [-0.4, -0.2) is 24.3 Å². The molecule has 2 heterocycles. The molecule has 0 radical (unpaired) electrons. The third-order valence-corrected chi connectivity index (χ3v) is 5.43. The minimum Gasteiger partial charge on any atom is -0.497 e. The Morgan fingerprint density at radius 2 is 1.66 bits per heavy atom. The maximum Gasteiger partial charge on any atom is 0.586 e. The molecule has 0 atom stereocenters. The number of ether oxygens (including phenoxy) is 3. The first kappa shape index (κ1) is 22.3. The SMILES string of the molecule is COc1ccc(N(C(=O)Cc2ccc3c(c2)OC(F)(F)O3)c2cccc(-c3ccccc3)n2)cc1. The summed E-state index contributed by atoms with van der Waals surface area (Å²) in [4.78, 5) is 19.8. The standard InChI is InChI=1S/C27H20F2N2O4/c1-33-21-13-11-20(12-14-21)31(25-9-5-8-22(30-25)19-6-3-2-4-7-19)26(32)17-18-10-15-23-24(16-18)35-27(28,29)34-23/h2-16H,17H2,1H3. The summed E-state index contributed by atoms with van der Waals surface area (Å²) in [7, 11) is 1.56. The molecule has 4 aromatic rings. The van der Waals surface area contributed by atoms with E-state index in [4.69, 9.17) is 9.72 Å². The van der Waals surface area contributed by atoms with Crippen molar-refractivity contribution in [2.24, 2.45) is 0 Å². The van der Waals surface area contributed by atoms with E-state index in [-0.39, 0.29) is 23.8 Å². The second kappa shape index (κ2) is 9.06. The van der Waals surface area contributed by atoms with Gasteiger partial charge in [0.15, 0.2) is 11.5 Å². The van der Waals surface area contributed by atoms with Crippen molar-refractivity contribution < 1.29 is 27.8 Å². The topological polar surface area (TPSA) is 60.9 Å². The van der Waals surface area contributed by atoms with Gasteiger partial charge < -0.3 is 14.2 Å². The van der Waals surface area contributed by atoms with E-state index in [1.165, 1.54) is 17.0 Å². The lowest BCUT2D eigenvalue weighted by molar-refractivity contribution is -0.286. The number of amides is 1. The fourth-order valence-corrected chi connectivity index (χ4v) is 3.81. The van der Waals surface area contributed by atoms with Gasteiger partial charge in [0.05, 0.1) is 24.9 Å². The number of anilines is 2. The van der Waals surface area contributed by atoms with E-state index in [9.17, 15) is 13.6 Å². The number of hydrogen-bond donors (Lipinski definition) is 0. The molecule has 1 amide bonds. The average molecular weight is 474 g/mol. The predicted molar refractivity (Wildman–Crippen MR) is 126 cm³/mol. The van der Waals surface area contributed by atoms with Crippen LogP contribution < -0.4 is 19.1 Å². The van der Waals surface area contributed by atoms with Gasteiger partial charge in [-0.1, -0.05) is 42.5 Å². The zero-order valence-corrected chi connectivity index (χ0v) is 18.7. The number of methoxy groups -OCH3 is 1. The van der Waals surface area contributed by atoms with Crippen LogP contribution in [0.3, 0.4) is 0 Å². The van der Waals surface area contributed by atoms with E-state index in [1.807, 2.05) is 42.5 Å². The lowest BCUT2D eigenvalue weighted by atomic mass is 10.1. The summed E-state index contributed by atoms with van der Waals surface area (Å²) in [6, 6.07) is 26.4. The lowest BCUT2D eigenvalue weighted by Crippen LogP contribution is -2.28. The number of carbonyl (C=O) groups is 1. The first-order chi connectivity index (χ1) is 16.9. The molecule has 3 aromatic carbocycles. The molecule has 0 bridgehead atoms. The molecule has 1 aliphatic heterocycles. The molecule has 0 saturated carbocycles. The molecule has 1 aliphatic rings. The molecule has 1 aromatic heterocycles. The molecule has 0 spiro atoms. The first-order valence-corrected chi connectivity index (χ1v) is 10.8. The van der Waals surface area contributed by atoms with Crippen LogP contribution in [0.2, 0.25) is 0 Å².